The Kier molecular flexibility index (Phi) is 6.65. The van der Waals surface area contributed by atoms with E-state index < -0.39 is 0 Å². The molecule has 2 rings (SSSR count). The molecule has 0 aliphatic heterocycles. The fraction of sp³-hybridized carbons (Fsp3) is 0.684. The van der Waals surface area contributed by atoms with Gasteiger partial charge in [0.05, 0.1) is 11.9 Å². The van der Waals surface area contributed by atoms with Crippen molar-refractivity contribution in [3.63, 3.8) is 0 Å². The largest absolute Gasteiger partial charge is 0.362 e. The van der Waals surface area contributed by atoms with Crippen molar-refractivity contribution in [3.8, 4) is 6.07 Å². The quantitative estimate of drug-likeness (QED) is 0.410. The first-order valence-corrected chi connectivity index (χ1v) is 9.65. The van der Waals surface area contributed by atoms with E-state index in [1.807, 2.05) is 6.34 Å². The summed E-state index contributed by atoms with van der Waals surface area (Å²) in [5, 5.41) is 10.5. The van der Waals surface area contributed by atoms with Crippen LogP contribution in [0.25, 0.3) is 0 Å². The Labute approximate surface area is 145 Å². The third-order valence-electron chi connectivity index (χ3n) is 4.05. The lowest BCUT2D eigenvalue weighted by molar-refractivity contribution is 0.336. The van der Waals surface area contributed by atoms with Crippen LogP contribution in [0, 0.1) is 23.2 Å². The summed E-state index contributed by atoms with van der Waals surface area (Å²) in [5.41, 5.74) is 2.11. The number of hydrogen-bond acceptors (Lipinski definition) is 3. The third kappa shape index (κ3) is 5.07. The van der Waals surface area contributed by atoms with Crippen LogP contribution in [-0.4, -0.2) is 24.3 Å². The van der Waals surface area contributed by atoms with Gasteiger partial charge in [-0.3, -0.25) is 0 Å². The average Bonchev–Trinajstić information content (AvgIpc) is 2.63. The molecule has 23 heavy (non-hydrogen) atoms. The molecule has 0 atom stereocenters. The summed E-state index contributed by atoms with van der Waals surface area (Å²) >= 11 is 1.73. The summed E-state index contributed by atoms with van der Waals surface area (Å²) in [6.07, 6.45) is 7.86. The summed E-state index contributed by atoms with van der Waals surface area (Å²) in [6, 6.07) is 2.41. The van der Waals surface area contributed by atoms with Crippen LogP contribution in [0.15, 0.2) is 4.99 Å². The molecule has 1 aromatic heterocycles. The Bertz CT molecular complexity index is 568. The first-order chi connectivity index (χ1) is 11.0. The maximum atomic E-state index is 9.58. The van der Waals surface area contributed by atoms with Crippen molar-refractivity contribution in [3.05, 3.63) is 16.0 Å². The molecule has 0 unspecified atom stereocenters. The molecule has 126 valence electrons. The van der Waals surface area contributed by atoms with Gasteiger partial charge >= 0.3 is 0 Å². The first-order valence-electron chi connectivity index (χ1n) is 8.84. The van der Waals surface area contributed by atoms with E-state index in [0.29, 0.717) is 11.8 Å². The molecule has 1 aromatic rings. The minimum absolute atomic E-state index is 0.607. The zero-order valence-corrected chi connectivity index (χ0v) is 15.7. The number of nitrogens with zero attached hydrogens (tertiary/aromatic N) is 3. The van der Waals surface area contributed by atoms with Gasteiger partial charge in [0.15, 0.2) is 0 Å². The molecular weight excluding hydrogens is 302 g/mol. The maximum Gasteiger partial charge on any atom is 0.136 e. The molecule has 0 fully saturated rings. The van der Waals surface area contributed by atoms with Gasteiger partial charge in [-0.05, 0) is 43.1 Å². The minimum Gasteiger partial charge on any atom is -0.362 e. The molecule has 1 aliphatic rings. The predicted molar refractivity (Wildman–Crippen MR) is 99.7 cm³/mol. The molecule has 0 saturated heterocycles. The van der Waals surface area contributed by atoms with E-state index in [4.69, 9.17) is 4.99 Å². The second-order valence-electron chi connectivity index (χ2n) is 7.34. The summed E-state index contributed by atoms with van der Waals surface area (Å²) in [7, 11) is 0. The third-order valence-corrected chi connectivity index (χ3v) is 5.25. The minimum atomic E-state index is 0.607. The SMILES string of the molecule is CC(C)CN(/C=N/c1sc2c(c1C#N)CCCCC2)CC(C)C. The van der Waals surface area contributed by atoms with E-state index in [-0.39, 0.29) is 0 Å². The lowest BCUT2D eigenvalue weighted by atomic mass is 10.1. The van der Waals surface area contributed by atoms with Crippen molar-refractivity contribution < 1.29 is 0 Å². The van der Waals surface area contributed by atoms with Crippen LogP contribution in [-0.2, 0) is 12.8 Å². The highest BCUT2D eigenvalue weighted by Gasteiger charge is 2.19. The average molecular weight is 332 g/mol. The fourth-order valence-corrected chi connectivity index (χ4v) is 4.35. The summed E-state index contributed by atoms with van der Waals surface area (Å²) in [4.78, 5) is 8.40. The predicted octanol–water partition coefficient (Wildman–Crippen LogP) is 5.16. The van der Waals surface area contributed by atoms with E-state index in [9.17, 15) is 5.26 Å². The van der Waals surface area contributed by atoms with Crippen molar-refractivity contribution >= 4 is 22.7 Å². The highest BCUT2D eigenvalue weighted by molar-refractivity contribution is 7.16. The molecule has 4 heteroatoms. The molecule has 0 radical (unpaired) electrons. The molecule has 0 bridgehead atoms. The van der Waals surface area contributed by atoms with Crippen molar-refractivity contribution in [2.75, 3.05) is 13.1 Å². The summed E-state index contributed by atoms with van der Waals surface area (Å²) < 4.78 is 0. The number of thiophene rings is 1. The van der Waals surface area contributed by atoms with Gasteiger partial charge in [-0.25, -0.2) is 4.99 Å². The van der Waals surface area contributed by atoms with Gasteiger partial charge < -0.3 is 4.90 Å². The Hall–Kier alpha value is -1.34. The van der Waals surface area contributed by atoms with E-state index in [1.165, 1.54) is 29.7 Å². The van der Waals surface area contributed by atoms with Gasteiger partial charge in [-0.1, -0.05) is 34.1 Å². The van der Waals surface area contributed by atoms with Gasteiger partial charge in [0.1, 0.15) is 11.1 Å². The molecule has 0 N–H and O–H groups in total. The zero-order valence-electron chi connectivity index (χ0n) is 14.9. The topological polar surface area (TPSA) is 39.4 Å². The Balaban J connectivity index is 2.22. The normalized spacial score (nSPS) is 15.0. The van der Waals surface area contributed by atoms with E-state index in [2.05, 4.69) is 38.7 Å². The monoisotopic (exact) mass is 331 g/mol. The van der Waals surface area contributed by atoms with Gasteiger partial charge in [0.25, 0.3) is 0 Å². The van der Waals surface area contributed by atoms with Crippen LogP contribution in [0.1, 0.15) is 63.0 Å². The number of aliphatic imine (C=N–C) groups is 1. The highest BCUT2D eigenvalue weighted by Crippen LogP contribution is 2.38. The van der Waals surface area contributed by atoms with E-state index in [0.717, 1.165) is 36.5 Å². The van der Waals surface area contributed by atoms with Crippen LogP contribution in [0.4, 0.5) is 5.00 Å². The molecule has 0 aromatic carbocycles. The van der Waals surface area contributed by atoms with E-state index in [1.54, 1.807) is 11.3 Å². The van der Waals surface area contributed by atoms with Crippen LogP contribution in [0.2, 0.25) is 0 Å². The van der Waals surface area contributed by atoms with E-state index >= 15 is 0 Å². The van der Waals surface area contributed by atoms with Gasteiger partial charge in [-0.2, -0.15) is 5.26 Å². The molecule has 1 aliphatic carbocycles. The number of hydrogen-bond donors (Lipinski definition) is 0. The Morgan fingerprint density at radius 3 is 2.39 bits per heavy atom. The molecule has 0 spiro atoms. The molecule has 3 nitrogen and oxygen atoms in total. The van der Waals surface area contributed by atoms with Crippen molar-refractivity contribution in [1.82, 2.24) is 4.90 Å². The summed E-state index contributed by atoms with van der Waals surface area (Å²) in [6.45, 7) is 10.9. The van der Waals surface area contributed by atoms with Crippen LogP contribution >= 0.6 is 11.3 Å². The van der Waals surface area contributed by atoms with Crippen molar-refractivity contribution in [2.24, 2.45) is 16.8 Å². The fourth-order valence-electron chi connectivity index (χ4n) is 3.18. The smallest absolute Gasteiger partial charge is 0.136 e. The standard InChI is InChI=1S/C19H29N3S/c1-14(2)11-22(12-15(3)4)13-21-19-17(10-20)16-8-6-5-7-9-18(16)23-19/h13-15H,5-9,11-12H2,1-4H3/b21-13+. The lowest BCUT2D eigenvalue weighted by Crippen LogP contribution is -2.30. The number of aryl methyl sites for hydroxylation is 1. The molecule has 0 amide bonds. The Morgan fingerprint density at radius 1 is 1.13 bits per heavy atom. The van der Waals surface area contributed by atoms with Crippen LogP contribution in [0.5, 0.6) is 0 Å². The highest BCUT2D eigenvalue weighted by atomic mass is 32.1. The van der Waals surface area contributed by atoms with Crippen LogP contribution in [0.3, 0.4) is 0 Å². The molecule has 1 heterocycles. The van der Waals surface area contributed by atoms with Gasteiger partial charge in [-0.15, -0.1) is 11.3 Å². The van der Waals surface area contributed by atoms with Crippen molar-refractivity contribution in [1.29, 1.82) is 5.26 Å². The second-order valence-corrected chi connectivity index (χ2v) is 8.43. The number of fused-ring (bicyclic) bond motifs is 1. The molecular formula is C19H29N3S. The van der Waals surface area contributed by atoms with Crippen LogP contribution < -0.4 is 0 Å². The number of rotatable bonds is 6. The molecule has 0 saturated carbocycles. The zero-order chi connectivity index (χ0) is 16.8. The number of nitriles is 1. The lowest BCUT2D eigenvalue weighted by Gasteiger charge is -2.23. The van der Waals surface area contributed by atoms with Gasteiger partial charge in [0.2, 0.25) is 0 Å². The maximum absolute atomic E-state index is 9.58. The summed E-state index contributed by atoms with van der Waals surface area (Å²) in [5.74, 6) is 1.21. The Morgan fingerprint density at radius 2 is 1.78 bits per heavy atom. The second kappa shape index (κ2) is 8.49. The van der Waals surface area contributed by atoms with Gasteiger partial charge in [0, 0.05) is 18.0 Å². The first kappa shape index (κ1) is 18.0. The van der Waals surface area contributed by atoms with Crippen molar-refractivity contribution in [2.45, 2.75) is 59.8 Å².